The van der Waals surface area contributed by atoms with Crippen LogP contribution < -0.4 is 5.32 Å². The molecule has 2 heterocycles. The van der Waals surface area contributed by atoms with E-state index in [4.69, 9.17) is 0 Å². The summed E-state index contributed by atoms with van der Waals surface area (Å²) >= 11 is 0. The smallest absolute Gasteiger partial charge is 0.0950 e. The molecular weight excluding hydrogens is 222 g/mol. The summed E-state index contributed by atoms with van der Waals surface area (Å²) in [4.78, 5) is 4.41. The van der Waals surface area contributed by atoms with E-state index < -0.39 is 0 Å². The Balaban J connectivity index is 1.75. The van der Waals surface area contributed by atoms with E-state index in [1.54, 1.807) is 0 Å². The molecule has 1 saturated carbocycles. The largest absolute Gasteiger partial charge is 0.331 e. The second-order valence-electron chi connectivity index (χ2n) is 6.81. The maximum atomic E-state index is 4.41. The highest BCUT2D eigenvalue weighted by atomic mass is 15.1. The van der Waals surface area contributed by atoms with Gasteiger partial charge in [-0.15, -0.1) is 0 Å². The lowest BCUT2D eigenvalue weighted by Crippen LogP contribution is -2.24. The Morgan fingerprint density at radius 2 is 2.06 bits per heavy atom. The van der Waals surface area contributed by atoms with Crippen molar-refractivity contribution in [2.45, 2.75) is 57.9 Å². The van der Waals surface area contributed by atoms with Gasteiger partial charge in [0.2, 0.25) is 0 Å². The predicted molar refractivity (Wildman–Crippen MR) is 73.7 cm³/mol. The van der Waals surface area contributed by atoms with Crippen LogP contribution in [0.4, 0.5) is 0 Å². The molecule has 0 bridgehead atoms. The highest BCUT2D eigenvalue weighted by molar-refractivity contribution is 5.11. The molecule has 1 aliphatic carbocycles. The van der Waals surface area contributed by atoms with Crippen molar-refractivity contribution in [3.05, 3.63) is 18.2 Å². The second-order valence-corrected chi connectivity index (χ2v) is 6.81. The molecule has 1 unspecified atom stereocenters. The second kappa shape index (κ2) is 4.69. The average Bonchev–Trinajstić information content (AvgIpc) is 2.99. The third-order valence-corrected chi connectivity index (χ3v) is 4.88. The molecule has 1 atom stereocenters. The average molecular weight is 247 g/mol. The molecule has 1 aromatic heterocycles. The molecule has 0 amide bonds. The van der Waals surface area contributed by atoms with Crippen LogP contribution in [-0.2, 0) is 0 Å². The topological polar surface area (TPSA) is 29.9 Å². The SMILES string of the molecule is CC1(C)CCC(n2cncc2C2CCNC2)CC1. The molecule has 100 valence electrons. The van der Waals surface area contributed by atoms with Crippen LogP contribution in [0.15, 0.2) is 12.5 Å². The van der Waals surface area contributed by atoms with Crippen LogP contribution in [0.2, 0.25) is 0 Å². The first-order valence-corrected chi connectivity index (χ1v) is 7.38. The van der Waals surface area contributed by atoms with Gasteiger partial charge in [0.05, 0.1) is 6.33 Å². The molecule has 3 nitrogen and oxygen atoms in total. The van der Waals surface area contributed by atoms with Crippen LogP contribution in [0.25, 0.3) is 0 Å². The molecule has 1 saturated heterocycles. The molecule has 18 heavy (non-hydrogen) atoms. The number of aromatic nitrogens is 2. The minimum Gasteiger partial charge on any atom is -0.331 e. The highest BCUT2D eigenvalue weighted by Crippen LogP contribution is 2.41. The molecule has 1 aromatic rings. The summed E-state index contributed by atoms with van der Waals surface area (Å²) in [6, 6.07) is 0.691. The normalized spacial score (nSPS) is 28.7. The van der Waals surface area contributed by atoms with Crippen LogP contribution in [-0.4, -0.2) is 22.6 Å². The molecule has 2 fully saturated rings. The Labute approximate surface area is 110 Å². The van der Waals surface area contributed by atoms with Gasteiger partial charge >= 0.3 is 0 Å². The van der Waals surface area contributed by atoms with Crippen molar-refractivity contribution in [3.63, 3.8) is 0 Å². The zero-order chi connectivity index (χ0) is 12.6. The first-order valence-electron chi connectivity index (χ1n) is 7.38. The summed E-state index contributed by atoms with van der Waals surface area (Å²) in [5, 5.41) is 3.46. The Kier molecular flexibility index (Phi) is 3.18. The molecule has 2 aliphatic rings. The van der Waals surface area contributed by atoms with Gasteiger partial charge in [0.15, 0.2) is 0 Å². The van der Waals surface area contributed by atoms with Crippen molar-refractivity contribution < 1.29 is 0 Å². The molecule has 3 rings (SSSR count). The fourth-order valence-corrected chi connectivity index (χ4v) is 3.51. The monoisotopic (exact) mass is 247 g/mol. The number of nitrogens with one attached hydrogen (secondary N) is 1. The van der Waals surface area contributed by atoms with E-state index in [1.165, 1.54) is 37.8 Å². The number of hydrogen-bond donors (Lipinski definition) is 1. The molecule has 3 heteroatoms. The number of nitrogens with zero attached hydrogens (tertiary/aromatic N) is 2. The van der Waals surface area contributed by atoms with E-state index in [0.29, 0.717) is 17.4 Å². The summed E-state index contributed by atoms with van der Waals surface area (Å²) in [6.45, 7) is 7.09. The molecule has 1 aliphatic heterocycles. The van der Waals surface area contributed by atoms with Crippen LogP contribution in [0.3, 0.4) is 0 Å². The van der Waals surface area contributed by atoms with Crippen molar-refractivity contribution in [2.24, 2.45) is 5.41 Å². The third-order valence-electron chi connectivity index (χ3n) is 4.88. The lowest BCUT2D eigenvalue weighted by atomic mass is 9.75. The van der Waals surface area contributed by atoms with Crippen LogP contribution in [0.1, 0.15) is 63.6 Å². The van der Waals surface area contributed by atoms with Crippen molar-refractivity contribution in [2.75, 3.05) is 13.1 Å². The van der Waals surface area contributed by atoms with Crippen molar-refractivity contribution in [3.8, 4) is 0 Å². The van der Waals surface area contributed by atoms with Gasteiger partial charge in [-0.1, -0.05) is 13.8 Å². The van der Waals surface area contributed by atoms with E-state index in [-0.39, 0.29) is 0 Å². The van der Waals surface area contributed by atoms with E-state index in [1.807, 2.05) is 0 Å². The van der Waals surface area contributed by atoms with E-state index in [9.17, 15) is 0 Å². The van der Waals surface area contributed by atoms with Gasteiger partial charge in [0, 0.05) is 30.4 Å². The lowest BCUT2D eigenvalue weighted by molar-refractivity contribution is 0.191. The van der Waals surface area contributed by atoms with Crippen LogP contribution in [0.5, 0.6) is 0 Å². The fraction of sp³-hybridized carbons (Fsp3) is 0.800. The van der Waals surface area contributed by atoms with E-state index in [2.05, 4.69) is 41.2 Å². The Morgan fingerprint density at radius 3 is 2.72 bits per heavy atom. The van der Waals surface area contributed by atoms with Crippen LogP contribution >= 0.6 is 0 Å². The number of imidazole rings is 1. The Hall–Kier alpha value is -0.830. The Bertz CT molecular complexity index is 392. The van der Waals surface area contributed by atoms with Crippen molar-refractivity contribution in [1.82, 2.24) is 14.9 Å². The fourth-order valence-electron chi connectivity index (χ4n) is 3.51. The van der Waals surface area contributed by atoms with Crippen molar-refractivity contribution in [1.29, 1.82) is 0 Å². The molecule has 0 aromatic carbocycles. The zero-order valence-electron chi connectivity index (χ0n) is 11.7. The molecular formula is C15H25N3. The van der Waals surface area contributed by atoms with Gasteiger partial charge in [-0.25, -0.2) is 4.98 Å². The van der Waals surface area contributed by atoms with Gasteiger partial charge < -0.3 is 9.88 Å². The zero-order valence-corrected chi connectivity index (χ0v) is 11.7. The first-order chi connectivity index (χ1) is 8.66. The van der Waals surface area contributed by atoms with Gasteiger partial charge in [-0.2, -0.15) is 0 Å². The Morgan fingerprint density at radius 1 is 1.28 bits per heavy atom. The van der Waals surface area contributed by atoms with Gasteiger partial charge in [-0.3, -0.25) is 0 Å². The van der Waals surface area contributed by atoms with Gasteiger partial charge in [0.1, 0.15) is 0 Å². The van der Waals surface area contributed by atoms with E-state index >= 15 is 0 Å². The maximum absolute atomic E-state index is 4.41. The van der Waals surface area contributed by atoms with Crippen molar-refractivity contribution >= 4 is 0 Å². The minimum atomic E-state index is 0.548. The summed E-state index contributed by atoms with van der Waals surface area (Å²) in [6.07, 6.45) is 10.8. The molecule has 0 spiro atoms. The number of hydrogen-bond acceptors (Lipinski definition) is 2. The summed E-state index contributed by atoms with van der Waals surface area (Å²) in [7, 11) is 0. The quantitative estimate of drug-likeness (QED) is 0.870. The minimum absolute atomic E-state index is 0.548. The number of rotatable bonds is 2. The maximum Gasteiger partial charge on any atom is 0.0950 e. The van der Waals surface area contributed by atoms with Gasteiger partial charge in [0.25, 0.3) is 0 Å². The van der Waals surface area contributed by atoms with E-state index in [0.717, 1.165) is 13.1 Å². The van der Waals surface area contributed by atoms with Gasteiger partial charge in [-0.05, 0) is 44.1 Å². The predicted octanol–water partition coefficient (Wildman–Crippen LogP) is 3.10. The highest BCUT2D eigenvalue weighted by Gasteiger charge is 2.30. The molecule has 1 N–H and O–H groups in total. The van der Waals surface area contributed by atoms with Crippen LogP contribution in [0, 0.1) is 5.41 Å². The lowest BCUT2D eigenvalue weighted by Gasteiger charge is -2.35. The molecule has 0 radical (unpaired) electrons. The third kappa shape index (κ3) is 2.33. The summed E-state index contributed by atoms with van der Waals surface area (Å²) in [5.74, 6) is 0.683. The standard InChI is InChI=1S/C15H25N3/c1-15(2)6-3-13(4-7-15)18-11-17-10-14(18)12-5-8-16-9-12/h10-13,16H,3-9H2,1-2H3. The summed E-state index contributed by atoms with van der Waals surface area (Å²) in [5.41, 5.74) is 2.01. The first kappa shape index (κ1) is 12.2. The summed E-state index contributed by atoms with van der Waals surface area (Å²) < 4.78 is 2.48.